The third-order valence-corrected chi connectivity index (χ3v) is 4.36. The van der Waals surface area contributed by atoms with Crippen molar-refractivity contribution in [3.8, 4) is 0 Å². The molecule has 1 saturated heterocycles. The van der Waals surface area contributed by atoms with E-state index in [0.717, 1.165) is 5.56 Å². The molecule has 2 aromatic carbocycles. The van der Waals surface area contributed by atoms with Crippen LogP contribution in [0.4, 0.5) is 14.5 Å². The fourth-order valence-corrected chi connectivity index (χ4v) is 2.91. The summed E-state index contributed by atoms with van der Waals surface area (Å²) in [5, 5.41) is 0.483. The Hall–Kier alpha value is -2.40. The molecule has 3 nitrogen and oxygen atoms in total. The van der Waals surface area contributed by atoms with Gasteiger partial charge in [-0.3, -0.25) is 4.79 Å². The van der Waals surface area contributed by atoms with Crippen molar-refractivity contribution in [2.75, 3.05) is 31.1 Å². The highest BCUT2D eigenvalue weighted by Gasteiger charge is 2.21. The zero-order valence-corrected chi connectivity index (χ0v) is 14.2. The normalized spacial score (nSPS) is 15.0. The van der Waals surface area contributed by atoms with Crippen LogP contribution >= 0.6 is 11.6 Å². The monoisotopic (exact) mass is 362 g/mol. The number of rotatable bonds is 3. The highest BCUT2D eigenvalue weighted by atomic mass is 35.5. The van der Waals surface area contributed by atoms with Crippen molar-refractivity contribution in [3.63, 3.8) is 0 Å². The number of hydrogen-bond donors (Lipinski definition) is 0. The van der Waals surface area contributed by atoms with E-state index in [1.54, 1.807) is 29.2 Å². The predicted octanol–water partition coefficient (Wildman–Crippen LogP) is 3.98. The van der Waals surface area contributed by atoms with Crippen molar-refractivity contribution < 1.29 is 13.6 Å². The molecule has 1 heterocycles. The second-order valence-electron chi connectivity index (χ2n) is 5.79. The summed E-state index contributed by atoms with van der Waals surface area (Å²) in [5.41, 5.74) is 1.22. The molecule has 1 amide bonds. The number of halogens is 3. The van der Waals surface area contributed by atoms with E-state index < -0.39 is 0 Å². The summed E-state index contributed by atoms with van der Waals surface area (Å²) in [6, 6.07) is 10.4. The van der Waals surface area contributed by atoms with Gasteiger partial charge in [0.25, 0.3) is 0 Å². The van der Waals surface area contributed by atoms with Crippen molar-refractivity contribution in [2.45, 2.75) is 0 Å². The molecule has 0 atom stereocenters. The minimum Gasteiger partial charge on any atom is -0.366 e. The summed E-state index contributed by atoms with van der Waals surface area (Å²) in [7, 11) is 0. The van der Waals surface area contributed by atoms with Crippen LogP contribution in [0.3, 0.4) is 0 Å². The molecule has 2 aromatic rings. The van der Waals surface area contributed by atoms with Crippen LogP contribution in [0.5, 0.6) is 0 Å². The molecule has 3 rings (SSSR count). The largest absolute Gasteiger partial charge is 0.366 e. The lowest BCUT2D eigenvalue weighted by Crippen LogP contribution is -2.48. The van der Waals surface area contributed by atoms with Gasteiger partial charge in [0.05, 0.1) is 5.69 Å². The summed E-state index contributed by atoms with van der Waals surface area (Å²) in [5.74, 6) is -0.747. The van der Waals surface area contributed by atoms with Crippen LogP contribution in [-0.4, -0.2) is 37.0 Å². The van der Waals surface area contributed by atoms with E-state index in [4.69, 9.17) is 11.6 Å². The molecule has 0 N–H and O–H groups in total. The first-order valence-corrected chi connectivity index (χ1v) is 8.33. The first-order valence-electron chi connectivity index (χ1n) is 7.95. The highest BCUT2D eigenvalue weighted by Crippen LogP contribution is 2.24. The first kappa shape index (κ1) is 17.4. The highest BCUT2D eigenvalue weighted by molar-refractivity contribution is 6.30. The zero-order chi connectivity index (χ0) is 17.8. The molecule has 0 spiro atoms. The SMILES string of the molecule is O=C(/C=C\c1ccc(F)cc1)N1CCN(c2cc(Cl)ccc2F)CC1. The van der Waals surface area contributed by atoms with Gasteiger partial charge >= 0.3 is 0 Å². The average molecular weight is 363 g/mol. The average Bonchev–Trinajstić information content (AvgIpc) is 2.63. The number of amides is 1. The van der Waals surface area contributed by atoms with E-state index in [-0.39, 0.29) is 17.5 Å². The molecule has 1 aliphatic heterocycles. The van der Waals surface area contributed by atoms with Gasteiger partial charge < -0.3 is 9.80 Å². The van der Waals surface area contributed by atoms with Crippen LogP contribution in [0.1, 0.15) is 5.56 Å². The number of benzene rings is 2. The van der Waals surface area contributed by atoms with Crippen LogP contribution in [0, 0.1) is 11.6 Å². The lowest BCUT2D eigenvalue weighted by atomic mass is 10.2. The molecule has 130 valence electrons. The molecule has 0 radical (unpaired) electrons. The van der Waals surface area contributed by atoms with Crippen LogP contribution in [0.2, 0.25) is 5.02 Å². The van der Waals surface area contributed by atoms with Gasteiger partial charge in [0.1, 0.15) is 11.6 Å². The molecule has 0 unspecified atom stereocenters. The molecule has 6 heteroatoms. The van der Waals surface area contributed by atoms with E-state index in [1.165, 1.54) is 30.3 Å². The number of anilines is 1. The van der Waals surface area contributed by atoms with Crippen molar-refractivity contribution in [3.05, 3.63) is 70.8 Å². The van der Waals surface area contributed by atoms with Gasteiger partial charge in [0, 0.05) is 37.3 Å². The van der Waals surface area contributed by atoms with E-state index in [2.05, 4.69) is 0 Å². The molecule has 0 aliphatic carbocycles. The summed E-state index contributed by atoms with van der Waals surface area (Å²) in [6.45, 7) is 2.07. The number of carbonyl (C=O) groups excluding carboxylic acids is 1. The molecule has 1 fully saturated rings. The Kier molecular flexibility index (Phi) is 5.34. The number of piperazine rings is 1. The fraction of sp³-hybridized carbons (Fsp3) is 0.211. The van der Waals surface area contributed by atoms with Gasteiger partial charge in [-0.2, -0.15) is 0 Å². The standard InChI is InChI=1S/C19H17ClF2N2O/c20-15-4-7-17(22)18(13-15)23-9-11-24(12-10-23)19(25)8-3-14-1-5-16(21)6-2-14/h1-8,13H,9-12H2/b8-3-. The Bertz CT molecular complexity index is 785. The van der Waals surface area contributed by atoms with Crippen LogP contribution in [0.15, 0.2) is 48.5 Å². The Morgan fingerprint density at radius 1 is 1.00 bits per heavy atom. The van der Waals surface area contributed by atoms with Crippen LogP contribution in [-0.2, 0) is 4.79 Å². The first-order chi connectivity index (χ1) is 12.0. The molecular weight excluding hydrogens is 346 g/mol. The van der Waals surface area contributed by atoms with Crippen molar-refractivity contribution in [1.29, 1.82) is 0 Å². The third-order valence-electron chi connectivity index (χ3n) is 4.13. The Balaban J connectivity index is 1.59. The van der Waals surface area contributed by atoms with Crippen molar-refractivity contribution >= 4 is 29.3 Å². The molecule has 0 aromatic heterocycles. The lowest BCUT2D eigenvalue weighted by molar-refractivity contribution is -0.126. The molecule has 0 saturated carbocycles. The summed E-state index contributed by atoms with van der Waals surface area (Å²) in [4.78, 5) is 15.8. The summed E-state index contributed by atoms with van der Waals surface area (Å²) >= 11 is 5.93. The van der Waals surface area contributed by atoms with Crippen LogP contribution in [0.25, 0.3) is 6.08 Å². The van der Waals surface area contributed by atoms with Gasteiger partial charge in [-0.05, 0) is 42.0 Å². The minimum absolute atomic E-state index is 0.115. The molecule has 25 heavy (non-hydrogen) atoms. The number of carbonyl (C=O) groups is 1. The molecule has 0 bridgehead atoms. The second kappa shape index (κ2) is 7.66. The fourth-order valence-electron chi connectivity index (χ4n) is 2.74. The maximum absolute atomic E-state index is 13.9. The number of hydrogen-bond acceptors (Lipinski definition) is 2. The van der Waals surface area contributed by atoms with Gasteiger partial charge in [-0.25, -0.2) is 8.78 Å². The van der Waals surface area contributed by atoms with Gasteiger partial charge in [-0.1, -0.05) is 23.7 Å². The van der Waals surface area contributed by atoms with Crippen molar-refractivity contribution in [2.24, 2.45) is 0 Å². The van der Waals surface area contributed by atoms with E-state index in [9.17, 15) is 13.6 Å². The Morgan fingerprint density at radius 2 is 1.68 bits per heavy atom. The predicted molar refractivity (Wildman–Crippen MR) is 95.6 cm³/mol. The lowest BCUT2D eigenvalue weighted by Gasteiger charge is -2.35. The Labute approximate surface area is 150 Å². The van der Waals surface area contributed by atoms with Gasteiger partial charge in [0.2, 0.25) is 5.91 Å². The topological polar surface area (TPSA) is 23.6 Å². The zero-order valence-electron chi connectivity index (χ0n) is 13.5. The van der Waals surface area contributed by atoms with E-state index >= 15 is 0 Å². The summed E-state index contributed by atoms with van der Waals surface area (Å²) < 4.78 is 26.8. The summed E-state index contributed by atoms with van der Waals surface area (Å²) in [6.07, 6.45) is 3.13. The second-order valence-corrected chi connectivity index (χ2v) is 6.23. The third kappa shape index (κ3) is 4.37. The number of nitrogens with zero attached hydrogens (tertiary/aromatic N) is 2. The quantitative estimate of drug-likeness (QED) is 0.771. The smallest absolute Gasteiger partial charge is 0.246 e. The Morgan fingerprint density at radius 3 is 2.36 bits per heavy atom. The van der Waals surface area contributed by atoms with E-state index in [1.807, 2.05) is 4.90 Å². The van der Waals surface area contributed by atoms with Gasteiger partial charge in [0.15, 0.2) is 0 Å². The minimum atomic E-state index is -0.319. The van der Waals surface area contributed by atoms with E-state index in [0.29, 0.717) is 36.9 Å². The maximum Gasteiger partial charge on any atom is 0.246 e. The molecular formula is C19H17ClF2N2O. The maximum atomic E-state index is 13.9. The molecule has 1 aliphatic rings. The van der Waals surface area contributed by atoms with Crippen LogP contribution < -0.4 is 4.90 Å². The van der Waals surface area contributed by atoms with Crippen molar-refractivity contribution in [1.82, 2.24) is 4.90 Å². The van der Waals surface area contributed by atoms with Gasteiger partial charge in [-0.15, -0.1) is 0 Å².